The van der Waals surface area contributed by atoms with Crippen molar-refractivity contribution in [3.05, 3.63) is 0 Å². The smallest absolute Gasteiger partial charge is 0.0214 e. The molecule has 0 spiro atoms. The van der Waals surface area contributed by atoms with Crippen molar-refractivity contribution in [3.63, 3.8) is 0 Å². The van der Waals surface area contributed by atoms with E-state index >= 15 is 0 Å². The van der Waals surface area contributed by atoms with Gasteiger partial charge in [0.2, 0.25) is 0 Å². The topological polar surface area (TPSA) is 29.3 Å². The summed E-state index contributed by atoms with van der Waals surface area (Å²) in [6.45, 7) is 4.38. The third-order valence-electron chi connectivity index (χ3n) is 2.60. The van der Waals surface area contributed by atoms with Crippen molar-refractivity contribution in [2.45, 2.75) is 38.3 Å². The molecule has 1 rings (SSSR count). The van der Waals surface area contributed by atoms with Crippen LogP contribution in [-0.4, -0.2) is 30.1 Å². The zero-order chi connectivity index (χ0) is 8.97. The fourth-order valence-corrected chi connectivity index (χ4v) is 1.80. The molecule has 2 atom stereocenters. The fourth-order valence-electron chi connectivity index (χ4n) is 1.80. The van der Waals surface area contributed by atoms with Crippen molar-refractivity contribution < 1.29 is 0 Å². The van der Waals surface area contributed by atoms with E-state index in [0.717, 1.165) is 32.4 Å². The zero-order valence-electron chi connectivity index (χ0n) is 7.79. The summed E-state index contributed by atoms with van der Waals surface area (Å²) < 4.78 is 0. The highest BCUT2D eigenvalue weighted by Gasteiger charge is 2.21. The molecule has 0 amide bonds. The van der Waals surface area contributed by atoms with E-state index in [0.29, 0.717) is 12.1 Å². The number of hydrogen-bond donors (Lipinski definition) is 1. The van der Waals surface area contributed by atoms with E-state index < -0.39 is 0 Å². The Morgan fingerprint density at radius 2 is 2.42 bits per heavy atom. The van der Waals surface area contributed by atoms with Gasteiger partial charge in [0.05, 0.1) is 0 Å². The molecule has 1 fully saturated rings. The van der Waals surface area contributed by atoms with Gasteiger partial charge < -0.3 is 5.73 Å². The van der Waals surface area contributed by atoms with Crippen LogP contribution in [0.2, 0.25) is 0 Å². The summed E-state index contributed by atoms with van der Waals surface area (Å²) in [4.78, 5) is 2.43. The molecular weight excluding hydrogens is 148 g/mol. The first-order valence-electron chi connectivity index (χ1n) is 4.67. The summed E-state index contributed by atoms with van der Waals surface area (Å²) in [7, 11) is 0. The highest BCUT2D eigenvalue weighted by atomic mass is 15.2. The van der Waals surface area contributed by atoms with Crippen LogP contribution in [0.15, 0.2) is 0 Å². The number of likely N-dealkylation sites (tertiary alicyclic amines) is 1. The van der Waals surface area contributed by atoms with E-state index in [1.165, 1.54) is 0 Å². The van der Waals surface area contributed by atoms with Crippen molar-refractivity contribution in [3.8, 4) is 12.3 Å². The summed E-state index contributed by atoms with van der Waals surface area (Å²) in [5, 5.41) is 0. The minimum Gasteiger partial charge on any atom is -0.328 e. The summed E-state index contributed by atoms with van der Waals surface area (Å²) in [5.74, 6) is 2.67. The average Bonchev–Trinajstić information content (AvgIpc) is 2.03. The lowest BCUT2D eigenvalue weighted by atomic mass is 9.99. The van der Waals surface area contributed by atoms with Crippen LogP contribution in [0.3, 0.4) is 0 Å². The summed E-state index contributed by atoms with van der Waals surface area (Å²) in [6, 6.07) is 1.02. The lowest BCUT2D eigenvalue weighted by Gasteiger charge is -2.35. The van der Waals surface area contributed by atoms with Crippen LogP contribution in [0.5, 0.6) is 0 Å². The predicted octanol–water partition coefficient (Wildman–Crippen LogP) is 0.821. The van der Waals surface area contributed by atoms with Crippen LogP contribution >= 0.6 is 0 Å². The fraction of sp³-hybridized carbons (Fsp3) is 0.800. The highest BCUT2D eigenvalue weighted by molar-refractivity contribution is 4.87. The Bertz CT molecular complexity index is 171. The second-order valence-corrected chi connectivity index (χ2v) is 3.62. The lowest BCUT2D eigenvalue weighted by molar-refractivity contribution is 0.151. The average molecular weight is 166 g/mol. The molecule has 2 unspecified atom stereocenters. The van der Waals surface area contributed by atoms with Gasteiger partial charge in [-0.15, -0.1) is 12.3 Å². The number of piperidine rings is 1. The number of hydrogen-bond acceptors (Lipinski definition) is 2. The van der Waals surface area contributed by atoms with Crippen molar-refractivity contribution in [1.82, 2.24) is 4.90 Å². The molecule has 2 heteroatoms. The van der Waals surface area contributed by atoms with Crippen LogP contribution in [0.25, 0.3) is 0 Å². The van der Waals surface area contributed by atoms with E-state index in [9.17, 15) is 0 Å². The monoisotopic (exact) mass is 166 g/mol. The molecule has 0 saturated carbocycles. The van der Waals surface area contributed by atoms with Gasteiger partial charge in [0, 0.05) is 25.0 Å². The molecule has 2 N–H and O–H groups in total. The molecule has 2 nitrogen and oxygen atoms in total. The van der Waals surface area contributed by atoms with Gasteiger partial charge in [-0.3, -0.25) is 4.90 Å². The third kappa shape index (κ3) is 2.51. The Kier molecular flexibility index (Phi) is 3.58. The molecule has 1 saturated heterocycles. The Balaban J connectivity index is 2.30. The van der Waals surface area contributed by atoms with Gasteiger partial charge in [-0.25, -0.2) is 0 Å². The van der Waals surface area contributed by atoms with E-state index in [4.69, 9.17) is 12.2 Å². The van der Waals surface area contributed by atoms with Crippen LogP contribution in [0.1, 0.15) is 26.2 Å². The van der Waals surface area contributed by atoms with E-state index in [2.05, 4.69) is 17.7 Å². The molecule has 0 radical (unpaired) electrons. The molecule has 1 aliphatic heterocycles. The molecule has 0 bridgehead atoms. The molecule has 1 heterocycles. The standard InChI is InChI=1S/C10H18N2/c1-3-4-6-12-7-5-10(11)8-9(12)2/h1,9-10H,4-8,11H2,2H3. The van der Waals surface area contributed by atoms with Gasteiger partial charge in [0.1, 0.15) is 0 Å². The minimum atomic E-state index is 0.405. The minimum absolute atomic E-state index is 0.405. The SMILES string of the molecule is C#CCCN1CCC(N)CC1C. The molecule has 1 aliphatic rings. The van der Waals surface area contributed by atoms with E-state index in [-0.39, 0.29) is 0 Å². The van der Waals surface area contributed by atoms with Crippen LogP contribution in [-0.2, 0) is 0 Å². The first-order chi connectivity index (χ1) is 5.74. The van der Waals surface area contributed by atoms with Gasteiger partial charge >= 0.3 is 0 Å². The number of rotatable bonds is 2. The van der Waals surface area contributed by atoms with Gasteiger partial charge in [-0.2, -0.15) is 0 Å². The van der Waals surface area contributed by atoms with Gasteiger partial charge in [0.15, 0.2) is 0 Å². The van der Waals surface area contributed by atoms with Crippen LogP contribution in [0.4, 0.5) is 0 Å². The van der Waals surface area contributed by atoms with Gasteiger partial charge in [-0.1, -0.05) is 0 Å². The summed E-state index contributed by atoms with van der Waals surface area (Å²) in [6.07, 6.45) is 8.31. The number of nitrogens with zero attached hydrogens (tertiary/aromatic N) is 1. The molecule has 12 heavy (non-hydrogen) atoms. The van der Waals surface area contributed by atoms with E-state index in [1.54, 1.807) is 0 Å². The maximum Gasteiger partial charge on any atom is 0.0214 e. The zero-order valence-corrected chi connectivity index (χ0v) is 7.79. The Morgan fingerprint density at radius 3 is 3.00 bits per heavy atom. The predicted molar refractivity (Wildman–Crippen MR) is 51.7 cm³/mol. The quantitative estimate of drug-likeness (QED) is 0.615. The second kappa shape index (κ2) is 4.49. The molecule has 0 aliphatic carbocycles. The maximum atomic E-state index is 5.85. The lowest BCUT2D eigenvalue weighted by Crippen LogP contribution is -2.45. The largest absolute Gasteiger partial charge is 0.328 e. The number of nitrogens with two attached hydrogens (primary N) is 1. The highest BCUT2D eigenvalue weighted by Crippen LogP contribution is 2.15. The van der Waals surface area contributed by atoms with Crippen molar-refractivity contribution in [2.75, 3.05) is 13.1 Å². The maximum absolute atomic E-state index is 5.85. The molecule has 0 aromatic rings. The van der Waals surface area contributed by atoms with Crippen molar-refractivity contribution in [2.24, 2.45) is 5.73 Å². The Labute approximate surface area is 75.1 Å². The number of terminal acetylenes is 1. The van der Waals surface area contributed by atoms with Gasteiger partial charge in [-0.05, 0) is 26.3 Å². The third-order valence-corrected chi connectivity index (χ3v) is 2.60. The molecule has 0 aromatic carbocycles. The van der Waals surface area contributed by atoms with E-state index in [1.807, 2.05) is 0 Å². The van der Waals surface area contributed by atoms with Crippen LogP contribution < -0.4 is 5.73 Å². The first-order valence-corrected chi connectivity index (χ1v) is 4.67. The first kappa shape index (κ1) is 9.57. The summed E-state index contributed by atoms with van der Waals surface area (Å²) >= 11 is 0. The second-order valence-electron chi connectivity index (χ2n) is 3.62. The normalized spacial score (nSPS) is 31.4. The Hall–Kier alpha value is -0.520. The Morgan fingerprint density at radius 1 is 1.67 bits per heavy atom. The molecule has 0 aromatic heterocycles. The van der Waals surface area contributed by atoms with Crippen molar-refractivity contribution >= 4 is 0 Å². The molecule has 68 valence electrons. The summed E-state index contributed by atoms with van der Waals surface area (Å²) in [5.41, 5.74) is 5.85. The van der Waals surface area contributed by atoms with Crippen molar-refractivity contribution in [1.29, 1.82) is 0 Å². The molecular formula is C10H18N2. The van der Waals surface area contributed by atoms with Gasteiger partial charge in [0.25, 0.3) is 0 Å². The van der Waals surface area contributed by atoms with Crippen LogP contribution in [0, 0.1) is 12.3 Å².